The number of carbonyl (C=O) groups is 1. The van der Waals surface area contributed by atoms with Crippen LogP contribution in [-0.4, -0.2) is 62.6 Å². The molecule has 0 saturated carbocycles. The monoisotopic (exact) mass is 534 g/mol. The van der Waals surface area contributed by atoms with Crippen LogP contribution in [0.15, 0.2) is 70.7 Å². The summed E-state index contributed by atoms with van der Waals surface area (Å²) in [5.74, 6) is 0.438. The fourth-order valence-electron chi connectivity index (χ4n) is 5.73. The van der Waals surface area contributed by atoms with Gasteiger partial charge in [-0.3, -0.25) is 4.79 Å². The van der Waals surface area contributed by atoms with Crippen LogP contribution >= 0.6 is 0 Å². The van der Waals surface area contributed by atoms with E-state index in [2.05, 4.69) is 52.7 Å². The highest BCUT2D eigenvalue weighted by Crippen LogP contribution is 2.39. The Bertz CT molecular complexity index is 1440. The van der Waals surface area contributed by atoms with Crippen LogP contribution in [0.3, 0.4) is 0 Å². The molecule has 5 rings (SSSR count). The van der Waals surface area contributed by atoms with Crippen molar-refractivity contribution in [2.45, 2.75) is 42.7 Å². The van der Waals surface area contributed by atoms with Gasteiger partial charge >= 0.3 is 0 Å². The molecule has 2 aliphatic rings. The molecule has 200 valence electrons. The van der Waals surface area contributed by atoms with Crippen molar-refractivity contribution >= 4 is 33.1 Å². The van der Waals surface area contributed by atoms with E-state index in [4.69, 9.17) is 5.73 Å². The van der Waals surface area contributed by atoms with Gasteiger partial charge in [0.05, 0.1) is 4.90 Å². The van der Waals surface area contributed by atoms with E-state index in [1.807, 2.05) is 29.2 Å². The molecule has 38 heavy (non-hydrogen) atoms. The molecule has 0 bridgehead atoms. The van der Waals surface area contributed by atoms with E-state index in [1.165, 1.54) is 24.0 Å². The molecule has 2 aromatic heterocycles. The van der Waals surface area contributed by atoms with Gasteiger partial charge in [0.2, 0.25) is 9.84 Å². The number of pyridine rings is 2. The molecule has 9 nitrogen and oxygen atoms in total. The lowest BCUT2D eigenvalue weighted by Crippen LogP contribution is -2.46. The number of rotatable bonds is 6. The molecule has 2 fully saturated rings. The first-order valence-corrected chi connectivity index (χ1v) is 14.4. The number of carbonyl (C=O) groups excluding carboxylic acids is 1. The lowest BCUT2D eigenvalue weighted by molar-refractivity contribution is 0.0997. The van der Waals surface area contributed by atoms with Crippen molar-refractivity contribution in [1.29, 1.82) is 0 Å². The molecule has 1 atom stereocenters. The minimum absolute atomic E-state index is 0.0849. The Morgan fingerprint density at radius 1 is 0.974 bits per heavy atom. The predicted octanol–water partition coefficient (Wildman–Crippen LogP) is 3.36. The highest BCUT2D eigenvalue weighted by atomic mass is 32.2. The Morgan fingerprint density at radius 3 is 2.29 bits per heavy atom. The van der Waals surface area contributed by atoms with Gasteiger partial charge < -0.3 is 20.4 Å². The number of para-hydroxylation sites is 1. The summed E-state index contributed by atoms with van der Waals surface area (Å²) in [4.78, 5) is 27.9. The maximum Gasteiger partial charge on any atom is 0.253 e. The Balaban J connectivity index is 1.45. The molecule has 0 aliphatic carbocycles. The molecule has 10 heteroatoms. The van der Waals surface area contributed by atoms with Crippen LogP contribution in [0.5, 0.6) is 0 Å². The maximum absolute atomic E-state index is 13.9. The first kappa shape index (κ1) is 26.0. The minimum atomic E-state index is -4.15. The van der Waals surface area contributed by atoms with Gasteiger partial charge in [0, 0.05) is 50.1 Å². The number of piperazine rings is 1. The maximum atomic E-state index is 13.9. The highest BCUT2D eigenvalue weighted by molar-refractivity contribution is 7.91. The fraction of sp³-hybridized carbons (Fsp3) is 0.393. The third-order valence-corrected chi connectivity index (χ3v) is 9.16. The summed E-state index contributed by atoms with van der Waals surface area (Å²) < 4.78 is 27.8. The van der Waals surface area contributed by atoms with Gasteiger partial charge in [-0.05, 0) is 56.5 Å². The lowest BCUT2D eigenvalue weighted by Gasteiger charge is -2.36. The molecule has 1 aromatic carbocycles. The summed E-state index contributed by atoms with van der Waals surface area (Å²) in [5, 5.41) is -0.116. The second kappa shape index (κ2) is 9.90. The second-order valence-corrected chi connectivity index (χ2v) is 12.6. The van der Waals surface area contributed by atoms with Crippen molar-refractivity contribution in [2.24, 2.45) is 11.7 Å². The zero-order valence-corrected chi connectivity index (χ0v) is 22.9. The zero-order chi connectivity index (χ0) is 27.1. The number of anilines is 3. The lowest BCUT2D eigenvalue weighted by atomic mass is 9.97. The van der Waals surface area contributed by atoms with Gasteiger partial charge in [0.1, 0.15) is 17.2 Å². The first-order valence-electron chi connectivity index (χ1n) is 12.9. The average molecular weight is 535 g/mol. The largest absolute Gasteiger partial charge is 0.368 e. The Labute approximate surface area is 224 Å². The SMILES string of the molecule is CC1CN(c2nccc(S(=O)(=O)c3cccc(N4CCN(c5ccccc5)CC4)n3)c2C(N)=O)C(C)(C)C1. The van der Waals surface area contributed by atoms with Gasteiger partial charge in [-0.15, -0.1) is 0 Å². The smallest absolute Gasteiger partial charge is 0.253 e. The van der Waals surface area contributed by atoms with Crippen LogP contribution in [0.4, 0.5) is 17.3 Å². The fourth-order valence-corrected chi connectivity index (χ4v) is 7.13. The first-order chi connectivity index (χ1) is 18.1. The van der Waals surface area contributed by atoms with Crippen molar-refractivity contribution in [1.82, 2.24) is 9.97 Å². The second-order valence-electron chi connectivity index (χ2n) is 10.8. The molecule has 2 saturated heterocycles. The molecule has 4 heterocycles. The summed E-state index contributed by atoms with van der Waals surface area (Å²) >= 11 is 0. The van der Waals surface area contributed by atoms with Gasteiger partial charge in [-0.2, -0.15) is 0 Å². The summed E-state index contributed by atoms with van der Waals surface area (Å²) in [6, 6.07) is 16.5. The zero-order valence-electron chi connectivity index (χ0n) is 22.0. The topological polar surface area (TPSA) is 113 Å². The molecule has 2 N–H and O–H groups in total. The van der Waals surface area contributed by atoms with Crippen molar-refractivity contribution < 1.29 is 13.2 Å². The number of nitrogens with zero attached hydrogens (tertiary/aromatic N) is 5. The Kier molecular flexibility index (Phi) is 6.77. The molecule has 1 unspecified atom stereocenters. The summed E-state index contributed by atoms with van der Waals surface area (Å²) in [5.41, 5.74) is 6.57. The number of sulfone groups is 1. The number of nitrogens with two attached hydrogens (primary N) is 1. The minimum Gasteiger partial charge on any atom is -0.368 e. The molecular weight excluding hydrogens is 500 g/mol. The van der Waals surface area contributed by atoms with Crippen LogP contribution in [-0.2, 0) is 9.84 Å². The van der Waals surface area contributed by atoms with Gasteiger partial charge in [-0.25, -0.2) is 18.4 Å². The predicted molar refractivity (Wildman–Crippen MR) is 149 cm³/mol. The van der Waals surface area contributed by atoms with E-state index in [-0.39, 0.29) is 21.0 Å². The van der Waals surface area contributed by atoms with E-state index in [0.29, 0.717) is 37.2 Å². The molecule has 2 aliphatic heterocycles. The molecule has 0 radical (unpaired) electrons. The molecular formula is C28H34N6O3S. The van der Waals surface area contributed by atoms with Crippen LogP contribution in [0, 0.1) is 5.92 Å². The van der Waals surface area contributed by atoms with Gasteiger partial charge in [0.25, 0.3) is 5.91 Å². The third kappa shape index (κ3) is 4.80. The van der Waals surface area contributed by atoms with Crippen molar-refractivity contribution in [3.05, 3.63) is 66.4 Å². The Hall–Kier alpha value is -3.66. The third-order valence-electron chi connectivity index (χ3n) is 7.47. The Morgan fingerprint density at radius 2 is 1.66 bits per heavy atom. The number of primary amides is 1. The highest BCUT2D eigenvalue weighted by Gasteiger charge is 2.40. The standard InChI is InChI=1S/C28H34N6O3S/c1-20-18-28(2,3)34(19-20)27-25(26(29)35)22(12-13-30-27)38(36,37)24-11-7-10-23(31-24)33-16-14-32(15-17-33)21-8-5-4-6-9-21/h4-13,20H,14-19H2,1-3H3,(H2,29,35). The quantitative estimate of drug-likeness (QED) is 0.512. The molecule has 1 amide bonds. The van der Waals surface area contributed by atoms with Crippen molar-refractivity contribution in [3.63, 3.8) is 0 Å². The number of amides is 1. The van der Waals surface area contributed by atoms with Crippen LogP contribution in [0.2, 0.25) is 0 Å². The molecule has 0 spiro atoms. The van der Waals surface area contributed by atoms with E-state index in [9.17, 15) is 13.2 Å². The van der Waals surface area contributed by atoms with E-state index < -0.39 is 15.7 Å². The summed E-state index contributed by atoms with van der Waals surface area (Å²) in [6.45, 7) is 9.92. The van der Waals surface area contributed by atoms with Crippen LogP contribution in [0.25, 0.3) is 0 Å². The normalized spacial score (nSPS) is 19.6. The van der Waals surface area contributed by atoms with E-state index in [1.54, 1.807) is 6.07 Å². The van der Waals surface area contributed by atoms with Crippen LogP contribution in [0.1, 0.15) is 37.6 Å². The van der Waals surface area contributed by atoms with Crippen LogP contribution < -0.4 is 20.4 Å². The summed E-state index contributed by atoms with van der Waals surface area (Å²) in [6.07, 6.45) is 2.32. The average Bonchev–Trinajstić information content (AvgIpc) is 3.20. The molecule has 3 aromatic rings. The summed E-state index contributed by atoms with van der Waals surface area (Å²) in [7, 11) is -4.15. The van der Waals surface area contributed by atoms with Crippen molar-refractivity contribution in [3.8, 4) is 0 Å². The van der Waals surface area contributed by atoms with Gasteiger partial charge in [0.15, 0.2) is 5.03 Å². The van der Waals surface area contributed by atoms with E-state index in [0.717, 1.165) is 19.5 Å². The number of hydrogen-bond donors (Lipinski definition) is 1. The van der Waals surface area contributed by atoms with Gasteiger partial charge in [-0.1, -0.05) is 31.2 Å². The van der Waals surface area contributed by atoms with E-state index >= 15 is 0 Å². The number of hydrogen-bond acceptors (Lipinski definition) is 8. The number of aromatic nitrogens is 2. The number of benzene rings is 1. The van der Waals surface area contributed by atoms with Crippen molar-refractivity contribution in [2.75, 3.05) is 47.4 Å².